The monoisotopic (exact) mass is 692 g/mol. The zero-order chi connectivity index (χ0) is 36.4. The van der Waals surface area contributed by atoms with Gasteiger partial charge in [-0.15, -0.1) is 0 Å². The summed E-state index contributed by atoms with van der Waals surface area (Å²) in [5.41, 5.74) is 2.42. The van der Waals surface area contributed by atoms with E-state index in [1.807, 2.05) is 37.3 Å². The highest BCUT2D eigenvalue weighted by Gasteiger charge is 2.31. The van der Waals surface area contributed by atoms with Crippen LogP contribution in [0.2, 0.25) is 0 Å². The van der Waals surface area contributed by atoms with Gasteiger partial charge in [0.1, 0.15) is 5.75 Å². The summed E-state index contributed by atoms with van der Waals surface area (Å²) in [4.78, 5) is 21.5. The molecule has 0 amide bonds. The first-order valence-corrected chi connectivity index (χ1v) is 15.9. The van der Waals surface area contributed by atoms with Gasteiger partial charge in [0.05, 0.1) is 57.0 Å². The fourth-order valence-corrected chi connectivity index (χ4v) is 5.30. The van der Waals surface area contributed by atoms with Crippen LogP contribution in [0.5, 0.6) is 23.0 Å². The third kappa shape index (κ3) is 9.56. The Morgan fingerprint density at radius 1 is 0.940 bits per heavy atom. The highest BCUT2D eigenvalue weighted by atomic mass is 19.4. The van der Waals surface area contributed by atoms with Gasteiger partial charge in [0, 0.05) is 25.1 Å². The van der Waals surface area contributed by atoms with E-state index in [0.29, 0.717) is 35.2 Å². The Bertz CT molecular complexity index is 1820. The summed E-state index contributed by atoms with van der Waals surface area (Å²) < 4.78 is 64.5. The van der Waals surface area contributed by atoms with E-state index in [-0.39, 0.29) is 55.5 Å². The number of aliphatic carboxylic acids is 1. The normalized spacial score (nSPS) is 11.2. The van der Waals surface area contributed by atoms with Crippen molar-refractivity contribution < 1.29 is 42.0 Å². The lowest BCUT2D eigenvalue weighted by Crippen LogP contribution is -2.25. The molecule has 0 atom stereocenters. The molecular weight excluding hydrogens is 653 g/mol. The number of anilines is 1. The van der Waals surface area contributed by atoms with E-state index < -0.39 is 17.7 Å². The number of carbonyl (C=O) groups is 1. The number of methoxy groups -OCH3 is 2. The quantitative estimate of drug-likeness (QED) is 0.115. The van der Waals surface area contributed by atoms with E-state index >= 15 is 0 Å². The molecule has 0 spiro atoms. The van der Waals surface area contributed by atoms with Crippen molar-refractivity contribution >= 4 is 11.9 Å². The van der Waals surface area contributed by atoms with Crippen LogP contribution in [0.1, 0.15) is 67.3 Å². The summed E-state index contributed by atoms with van der Waals surface area (Å²) in [6.45, 7) is 6.58. The van der Waals surface area contributed by atoms with Crippen molar-refractivity contribution in [3.05, 3.63) is 88.7 Å². The topological polar surface area (TPSA) is 127 Å². The van der Waals surface area contributed by atoms with Crippen LogP contribution in [-0.4, -0.2) is 48.5 Å². The molecule has 4 rings (SSSR count). The van der Waals surface area contributed by atoms with Crippen molar-refractivity contribution in [1.29, 1.82) is 5.26 Å². The van der Waals surface area contributed by atoms with E-state index in [1.54, 1.807) is 11.0 Å². The largest absolute Gasteiger partial charge is 0.493 e. The molecule has 0 saturated heterocycles. The molecule has 0 bridgehead atoms. The van der Waals surface area contributed by atoms with E-state index in [0.717, 1.165) is 28.8 Å². The van der Waals surface area contributed by atoms with Gasteiger partial charge < -0.3 is 29.0 Å². The number of alkyl halides is 3. The molecule has 0 aliphatic heterocycles. The van der Waals surface area contributed by atoms with Gasteiger partial charge in [0.25, 0.3) is 0 Å². The zero-order valence-electron chi connectivity index (χ0n) is 28.5. The van der Waals surface area contributed by atoms with Crippen LogP contribution in [0.15, 0.2) is 60.9 Å². The van der Waals surface area contributed by atoms with Gasteiger partial charge in [0.2, 0.25) is 5.95 Å². The smallest absolute Gasteiger partial charge is 0.416 e. The molecule has 3 aromatic carbocycles. The summed E-state index contributed by atoms with van der Waals surface area (Å²) in [5, 5.41) is 18.4. The number of ether oxygens (including phenoxy) is 4. The van der Waals surface area contributed by atoms with Gasteiger partial charge >= 0.3 is 12.1 Å². The van der Waals surface area contributed by atoms with Crippen molar-refractivity contribution in [1.82, 2.24) is 9.97 Å². The zero-order valence-corrected chi connectivity index (χ0v) is 28.5. The molecule has 10 nitrogen and oxygen atoms in total. The van der Waals surface area contributed by atoms with Crippen LogP contribution in [0.25, 0.3) is 11.1 Å². The lowest BCUT2D eigenvalue weighted by molar-refractivity contribution is -0.138. The van der Waals surface area contributed by atoms with Gasteiger partial charge in [-0.1, -0.05) is 19.9 Å². The van der Waals surface area contributed by atoms with Crippen LogP contribution >= 0.6 is 0 Å². The van der Waals surface area contributed by atoms with Crippen LogP contribution in [0.4, 0.5) is 19.1 Å². The van der Waals surface area contributed by atoms with E-state index in [4.69, 9.17) is 24.1 Å². The van der Waals surface area contributed by atoms with Crippen molar-refractivity contribution in [2.45, 2.75) is 58.8 Å². The summed E-state index contributed by atoms with van der Waals surface area (Å²) in [6, 6.07) is 14.6. The summed E-state index contributed by atoms with van der Waals surface area (Å²) >= 11 is 0. The third-order valence-corrected chi connectivity index (χ3v) is 7.75. The standard InChI is InChI=1S/C37H39F3N4O6/c1-6-49-32-10-9-26(23(2)3)15-31(32)30-17-34(48-5)33(47-4)16-27(30)22-44(21-25-12-24(18-41)13-28(14-25)37(38,39)40)36-42-19-29(20-43-36)50-11-7-8-35(45)46/h9-10,12-17,19-20,23H,6-8,11,21-22H2,1-5H3,(H,45,46). The highest BCUT2D eigenvalue weighted by molar-refractivity contribution is 5.77. The predicted octanol–water partition coefficient (Wildman–Crippen LogP) is 8.02. The first-order valence-electron chi connectivity index (χ1n) is 15.9. The molecule has 264 valence electrons. The minimum Gasteiger partial charge on any atom is -0.493 e. The fraction of sp³-hybridized carbons (Fsp3) is 0.351. The van der Waals surface area contributed by atoms with Crippen LogP contribution in [-0.2, 0) is 24.1 Å². The Morgan fingerprint density at radius 3 is 2.24 bits per heavy atom. The number of carboxylic acids is 1. The minimum atomic E-state index is -4.67. The van der Waals surface area contributed by atoms with E-state index in [2.05, 4.69) is 23.8 Å². The van der Waals surface area contributed by atoms with Gasteiger partial charge in [-0.25, -0.2) is 9.97 Å². The van der Waals surface area contributed by atoms with E-state index in [9.17, 15) is 23.2 Å². The average molecular weight is 693 g/mol. The molecular formula is C37H39F3N4O6. The second kappa shape index (κ2) is 16.7. The number of benzene rings is 3. The van der Waals surface area contributed by atoms with E-state index in [1.165, 1.54) is 32.7 Å². The molecule has 0 aliphatic rings. The SMILES string of the molecule is CCOc1ccc(C(C)C)cc1-c1cc(OC)c(OC)cc1CN(Cc1cc(C#N)cc(C(F)(F)F)c1)c1ncc(OCCCC(=O)O)cn1. The number of aromatic nitrogens is 2. The van der Waals surface area contributed by atoms with Crippen molar-refractivity contribution in [2.75, 3.05) is 32.3 Å². The van der Waals surface area contributed by atoms with Crippen molar-refractivity contribution in [2.24, 2.45) is 0 Å². The second-order valence-corrected chi connectivity index (χ2v) is 11.7. The first-order chi connectivity index (χ1) is 23.9. The number of halogens is 3. The Labute approximate surface area is 289 Å². The van der Waals surface area contributed by atoms with Gasteiger partial charge in [-0.3, -0.25) is 4.79 Å². The Kier molecular flexibility index (Phi) is 12.5. The maximum absolute atomic E-state index is 13.9. The van der Waals surface area contributed by atoms with Gasteiger partial charge in [-0.2, -0.15) is 18.4 Å². The molecule has 0 fully saturated rings. The number of nitriles is 1. The average Bonchev–Trinajstić information content (AvgIpc) is 3.09. The van der Waals surface area contributed by atoms with Crippen LogP contribution < -0.4 is 23.8 Å². The number of hydrogen-bond acceptors (Lipinski definition) is 9. The lowest BCUT2D eigenvalue weighted by Gasteiger charge is -2.26. The molecule has 1 N–H and O–H groups in total. The highest BCUT2D eigenvalue weighted by Crippen LogP contribution is 2.42. The first kappa shape index (κ1) is 37.3. The molecule has 13 heteroatoms. The Morgan fingerprint density at radius 2 is 1.64 bits per heavy atom. The van der Waals surface area contributed by atoms with Crippen LogP contribution in [0.3, 0.4) is 0 Å². The molecule has 4 aromatic rings. The number of nitrogens with zero attached hydrogens (tertiary/aromatic N) is 4. The molecule has 50 heavy (non-hydrogen) atoms. The number of hydrogen-bond donors (Lipinski definition) is 1. The molecule has 1 heterocycles. The lowest BCUT2D eigenvalue weighted by atomic mass is 9.93. The second-order valence-electron chi connectivity index (χ2n) is 11.7. The summed E-state index contributed by atoms with van der Waals surface area (Å²) in [6.07, 6.45) is -1.62. The molecule has 0 saturated carbocycles. The van der Waals surface area contributed by atoms with Crippen molar-refractivity contribution in [3.63, 3.8) is 0 Å². The van der Waals surface area contributed by atoms with Crippen LogP contribution in [0, 0.1) is 11.3 Å². The number of carboxylic acid groups (broad SMARTS) is 1. The molecule has 1 aromatic heterocycles. The van der Waals surface area contributed by atoms with Crippen molar-refractivity contribution in [3.8, 4) is 40.2 Å². The van der Waals surface area contributed by atoms with Gasteiger partial charge in [-0.05, 0) is 84.0 Å². The Balaban J connectivity index is 1.86. The Hall–Kier alpha value is -5.51. The maximum atomic E-state index is 13.9. The maximum Gasteiger partial charge on any atom is 0.416 e. The summed E-state index contributed by atoms with van der Waals surface area (Å²) in [5.74, 6) is 1.26. The minimum absolute atomic E-state index is 0.0624. The van der Waals surface area contributed by atoms with Gasteiger partial charge in [0.15, 0.2) is 17.2 Å². The molecule has 0 aliphatic carbocycles. The summed E-state index contributed by atoms with van der Waals surface area (Å²) in [7, 11) is 3.04. The molecule has 0 radical (unpaired) electrons. The fourth-order valence-electron chi connectivity index (χ4n) is 5.30. The molecule has 0 unspecified atom stereocenters. The predicted molar refractivity (Wildman–Crippen MR) is 181 cm³/mol. The number of rotatable bonds is 16. The third-order valence-electron chi connectivity index (χ3n) is 7.75.